The second kappa shape index (κ2) is 6.52. The lowest BCUT2D eigenvalue weighted by molar-refractivity contribution is 0.289. The molecule has 0 aliphatic carbocycles. The minimum absolute atomic E-state index is 0.141. The van der Waals surface area contributed by atoms with Crippen molar-refractivity contribution in [1.29, 1.82) is 0 Å². The van der Waals surface area contributed by atoms with E-state index in [0.29, 0.717) is 16.3 Å². The molecule has 2 aromatic carbocycles. The first kappa shape index (κ1) is 15.2. The van der Waals surface area contributed by atoms with Crippen molar-refractivity contribution in [3.63, 3.8) is 0 Å². The van der Waals surface area contributed by atoms with Gasteiger partial charge in [0.15, 0.2) is 0 Å². The summed E-state index contributed by atoms with van der Waals surface area (Å²) in [6, 6.07) is 7.39. The maximum Gasteiger partial charge on any atom is 0.146 e. The monoisotopic (exact) mass is 361 g/mol. The standard InChI is InChI=1S/C14H11BrClF2NO/c15-11-2-3-12(17)10(14(11)18)7-20-13-4-1-9(16)5-8(13)6-19/h1-5H,6-7,19H2. The highest BCUT2D eigenvalue weighted by atomic mass is 79.9. The Bertz CT molecular complexity index is 637. The largest absolute Gasteiger partial charge is 0.488 e. The van der Waals surface area contributed by atoms with Gasteiger partial charge in [-0.15, -0.1) is 0 Å². The maximum atomic E-state index is 13.8. The van der Waals surface area contributed by atoms with Crippen molar-refractivity contribution in [2.24, 2.45) is 5.73 Å². The predicted octanol–water partition coefficient (Wildman–Crippen LogP) is 4.42. The third-order valence-corrected chi connectivity index (χ3v) is 3.60. The minimum atomic E-state index is -0.673. The van der Waals surface area contributed by atoms with Crippen LogP contribution >= 0.6 is 27.5 Å². The van der Waals surface area contributed by atoms with Crippen LogP contribution < -0.4 is 10.5 Å². The summed E-state index contributed by atoms with van der Waals surface area (Å²) in [5.41, 5.74) is 6.11. The van der Waals surface area contributed by atoms with Crippen LogP contribution in [0.2, 0.25) is 5.02 Å². The van der Waals surface area contributed by atoms with Gasteiger partial charge in [0.05, 0.1) is 10.0 Å². The lowest BCUT2D eigenvalue weighted by Gasteiger charge is -2.12. The van der Waals surface area contributed by atoms with Crippen LogP contribution in [0, 0.1) is 11.6 Å². The van der Waals surface area contributed by atoms with Crippen LogP contribution in [0.15, 0.2) is 34.8 Å². The lowest BCUT2D eigenvalue weighted by atomic mass is 10.2. The lowest BCUT2D eigenvalue weighted by Crippen LogP contribution is -2.06. The SMILES string of the molecule is NCc1cc(Cl)ccc1OCc1c(F)ccc(Br)c1F. The van der Waals surface area contributed by atoms with E-state index in [4.69, 9.17) is 22.1 Å². The molecule has 0 unspecified atom stereocenters. The second-order valence-corrected chi connectivity index (χ2v) is 5.36. The van der Waals surface area contributed by atoms with Gasteiger partial charge in [0, 0.05) is 17.1 Å². The molecule has 0 fully saturated rings. The Hall–Kier alpha value is -1.17. The number of halogens is 4. The summed E-state index contributed by atoms with van der Waals surface area (Å²) in [6.07, 6.45) is 0. The Morgan fingerprint density at radius 1 is 1.20 bits per heavy atom. The fourth-order valence-electron chi connectivity index (χ4n) is 1.70. The average molecular weight is 363 g/mol. The number of hydrogen-bond donors (Lipinski definition) is 1. The highest BCUT2D eigenvalue weighted by Gasteiger charge is 2.13. The van der Waals surface area contributed by atoms with Gasteiger partial charge in [-0.1, -0.05) is 11.6 Å². The minimum Gasteiger partial charge on any atom is -0.488 e. The smallest absolute Gasteiger partial charge is 0.146 e. The molecule has 0 radical (unpaired) electrons. The van der Waals surface area contributed by atoms with Crippen LogP contribution in [0.3, 0.4) is 0 Å². The topological polar surface area (TPSA) is 35.2 Å². The van der Waals surface area contributed by atoms with Crippen LogP contribution in [-0.4, -0.2) is 0 Å². The van der Waals surface area contributed by atoms with Crippen LogP contribution in [-0.2, 0) is 13.2 Å². The van der Waals surface area contributed by atoms with Crippen LogP contribution in [0.5, 0.6) is 5.75 Å². The van der Waals surface area contributed by atoms with Crippen LogP contribution in [0.4, 0.5) is 8.78 Å². The van der Waals surface area contributed by atoms with Gasteiger partial charge in [-0.3, -0.25) is 0 Å². The van der Waals surface area contributed by atoms with Crippen molar-refractivity contribution < 1.29 is 13.5 Å². The Morgan fingerprint density at radius 2 is 1.95 bits per heavy atom. The van der Waals surface area contributed by atoms with E-state index in [1.54, 1.807) is 18.2 Å². The van der Waals surface area contributed by atoms with Crippen LogP contribution in [0.25, 0.3) is 0 Å². The number of ether oxygens (including phenoxy) is 1. The molecule has 0 saturated carbocycles. The van der Waals surface area contributed by atoms with Gasteiger partial charge in [0.2, 0.25) is 0 Å². The first-order chi connectivity index (χ1) is 9.52. The van der Waals surface area contributed by atoms with E-state index in [9.17, 15) is 8.78 Å². The van der Waals surface area contributed by atoms with E-state index in [0.717, 1.165) is 0 Å². The molecule has 0 amide bonds. The molecule has 6 heteroatoms. The molecule has 0 aliphatic heterocycles. The van der Waals surface area contributed by atoms with Gasteiger partial charge in [-0.25, -0.2) is 8.78 Å². The zero-order valence-corrected chi connectivity index (χ0v) is 12.6. The zero-order valence-electron chi connectivity index (χ0n) is 10.3. The van der Waals surface area contributed by atoms with Crippen molar-refractivity contribution in [2.75, 3.05) is 0 Å². The average Bonchev–Trinajstić information content (AvgIpc) is 2.44. The molecule has 0 aliphatic rings. The molecule has 2 rings (SSSR count). The fourth-order valence-corrected chi connectivity index (χ4v) is 2.27. The third-order valence-electron chi connectivity index (χ3n) is 2.75. The van der Waals surface area contributed by atoms with Gasteiger partial charge in [-0.2, -0.15) is 0 Å². The maximum absolute atomic E-state index is 13.8. The molecule has 106 valence electrons. The summed E-state index contributed by atoms with van der Waals surface area (Å²) in [4.78, 5) is 0. The predicted molar refractivity (Wildman–Crippen MR) is 77.7 cm³/mol. The molecular weight excluding hydrogens is 352 g/mol. The number of nitrogens with two attached hydrogens (primary N) is 1. The quantitative estimate of drug-likeness (QED) is 0.817. The van der Waals surface area contributed by atoms with Gasteiger partial charge < -0.3 is 10.5 Å². The molecule has 2 N–H and O–H groups in total. The van der Waals surface area contributed by atoms with Gasteiger partial charge in [0.1, 0.15) is 24.0 Å². The molecule has 0 aromatic heterocycles. The molecule has 0 atom stereocenters. The van der Waals surface area contributed by atoms with Crippen molar-refractivity contribution in [2.45, 2.75) is 13.2 Å². The van der Waals surface area contributed by atoms with Crippen molar-refractivity contribution in [3.05, 3.63) is 62.6 Å². The summed E-state index contributed by atoms with van der Waals surface area (Å²) in [7, 11) is 0. The van der Waals surface area contributed by atoms with E-state index in [1.807, 2.05) is 0 Å². The Morgan fingerprint density at radius 3 is 2.65 bits per heavy atom. The van der Waals surface area contributed by atoms with E-state index in [2.05, 4.69) is 15.9 Å². The number of hydrogen-bond acceptors (Lipinski definition) is 2. The van der Waals surface area contributed by atoms with Crippen LogP contribution in [0.1, 0.15) is 11.1 Å². The third kappa shape index (κ3) is 3.29. The molecule has 0 saturated heterocycles. The highest BCUT2D eigenvalue weighted by Crippen LogP contribution is 2.26. The molecule has 0 bridgehead atoms. The van der Waals surface area contributed by atoms with Gasteiger partial charge >= 0.3 is 0 Å². The van der Waals surface area contributed by atoms with E-state index >= 15 is 0 Å². The van der Waals surface area contributed by atoms with Gasteiger partial charge in [-0.05, 0) is 46.3 Å². The number of benzene rings is 2. The molecule has 20 heavy (non-hydrogen) atoms. The van der Waals surface area contributed by atoms with E-state index < -0.39 is 11.6 Å². The normalized spacial score (nSPS) is 10.7. The van der Waals surface area contributed by atoms with Crippen molar-refractivity contribution in [1.82, 2.24) is 0 Å². The summed E-state index contributed by atoms with van der Waals surface area (Å²) < 4.78 is 33.0. The zero-order chi connectivity index (χ0) is 14.7. The second-order valence-electron chi connectivity index (χ2n) is 4.07. The summed E-state index contributed by atoms with van der Waals surface area (Å²) >= 11 is 8.86. The summed E-state index contributed by atoms with van der Waals surface area (Å²) in [5, 5.41) is 0.526. The highest BCUT2D eigenvalue weighted by molar-refractivity contribution is 9.10. The summed E-state index contributed by atoms with van der Waals surface area (Å²) in [5.74, 6) is -0.877. The molecule has 0 heterocycles. The molecule has 2 aromatic rings. The Labute approximate surface area is 128 Å². The Balaban J connectivity index is 2.23. The first-order valence-corrected chi connectivity index (χ1v) is 6.93. The van der Waals surface area contributed by atoms with Crippen molar-refractivity contribution >= 4 is 27.5 Å². The summed E-state index contributed by atoms with van der Waals surface area (Å²) in [6.45, 7) is -0.00885. The van der Waals surface area contributed by atoms with Gasteiger partial charge in [0.25, 0.3) is 0 Å². The molecular formula is C14H11BrClF2NO. The number of rotatable bonds is 4. The Kier molecular flexibility index (Phi) is 4.96. The van der Waals surface area contributed by atoms with Crippen molar-refractivity contribution in [3.8, 4) is 5.75 Å². The fraction of sp³-hybridized carbons (Fsp3) is 0.143. The molecule has 2 nitrogen and oxygen atoms in total. The van der Waals surface area contributed by atoms with E-state index in [1.165, 1.54) is 12.1 Å². The first-order valence-electron chi connectivity index (χ1n) is 5.76. The molecule has 0 spiro atoms. The van der Waals surface area contributed by atoms with E-state index in [-0.39, 0.29) is 23.2 Å².